The summed E-state index contributed by atoms with van der Waals surface area (Å²) in [7, 11) is 0. The number of hydrogen-bond acceptors (Lipinski definition) is 0. The third kappa shape index (κ3) is 4.49. The Bertz CT molecular complexity index is 538. The molecule has 2 unspecified atom stereocenters. The molecule has 0 nitrogen and oxygen atoms in total. The van der Waals surface area contributed by atoms with Crippen molar-refractivity contribution in [2.24, 2.45) is 0 Å². The Kier molecular flexibility index (Phi) is 7.25. The van der Waals surface area contributed by atoms with Gasteiger partial charge in [-0.2, -0.15) is 0 Å². The molecule has 0 heterocycles. The van der Waals surface area contributed by atoms with Gasteiger partial charge in [0.05, 0.1) is 0 Å². The first kappa shape index (κ1) is 17.8. The van der Waals surface area contributed by atoms with Crippen molar-refractivity contribution in [1.82, 2.24) is 0 Å². The van der Waals surface area contributed by atoms with E-state index in [9.17, 15) is 0 Å². The molecule has 0 spiro atoms. The molecular weight excluding hydrogens is 398 g/mol. The Morgan fingerprint density at radius 1 is 0.682 bits per heavy atom. The van der Waals surface area contributed by atoms with Crippen molar-refractivity contribution in [3.05, 3.63) is 59.7 Å². The minimum absolute atomic E-state index is 0.580. The molecule has 0 saturated heterocycles. The molecule has 0 aromatic heterocycles. The van der Waals surface area contributed by atoms with Crippen LogP contribution in [0, 0.1) is 0 Å². The fourth-order valence-corrected chi connectivity index (χ4v) is 10.2. The van der Waals surface area contributed by atoms with Crippen LogP contribution in [-0.4, -0.2) is 26.3 Å². The van der Waals surface area contributed by atoms with E-state index in [4.69, 9.17) is 0 Å². The maximum absolute atomic E-state index is 2.36. The van der Waals surface area contributed by atoms with E-state index in [1.54, 1.807) is 20.1 Å². The summed E-state index contributed by atoms with van der Waals surface area (Å²) >= 11 is 1.16. The zero-order valence-corrected chi connectivity index (χ0v) is 17.4. The van der Waals surface area contributed by atoms with Crippen LogP contribution >= 0.6 is 0 Å². The molecule has 0 radical (unpaired) electrons. The Labute approximate surface area is 147 Å². The molecule has 0 aliphatic heterocycles. The number of rotatable bonds is 7. The monoisotopic (exact) mass is 426 g/mol. The second-order valence-electron chi connectivity index (χ2n) is 5.86. The van der Waals surface area contributed by atoms with Crippen molar-refractivity contribution in [3.63, 3.8) is 0 Å². The fourth-order valence-electron chi connectivity index (χ4n) is 2.46. The van der Waals surface area contributed by atoms with Gasteiger partial charge in [-0.3, -0.25) is 0 Å². The van der Waals surface area contributed by atoms with Crippen molar-refractivity contribution >= 4 is 35.2 Å². The van der Waals surface area contributed by atoms with Gasteiger partial charge in [0.1, 0.15) is 0 Å². The number of benzene rings is 2. The molecular formula is C20H26Se2. The normalized spacial score (nSPS) is 13.8. The van der Waals surface area contributed by atoms with Crippen LogP contribution in [0.5, 0.6) is 0 Å². The van der Waals surface area contributed by atoms with Gasteiger partial charge in [-0.05, 0) is 0 Å². The Hall–Kier alpha value is -0.521. The van der Waals surface area contributed by atoms with Gasteiger partial charge in [0.15, 0.2) is 0 Å². The quantitative estimate of drug-likeness (QED) is 0.590. The Morgan fingerprint density at radius 3 is 1.41 bits per heavy atom. The molecule has 22 heavy (non-hydrogen) atoms. The van der Waals surface area contributed by atoms with Gasteiger partial charge in [0.2, 0.25) is 0 Å². The van der Waals surface area contributed by atoms with E-state index in [2.05, 4.69) is 76.2 Å². The SMILES string of the molecule is CCC(C)c1ccccc1[Se][Se]c1ccccc1C(C)CC. The number of hydrogen-bond donors (Lipinski definition) is 0. The molecule has 0 aliphatic rings. The summed E-state index contributed by atoms with van der Waals surface area (Å²) in [6.45, 7) is 9.29. The van der Waals surface area contributed by atoms with Gasteiger partial charge < -0.3 is 0 Å². The summed E-state index contributed by atoms with van der Waals surface area (Å²) < 4.78 is 3.23. The van der Waals surface area contributed by atoms with Gasteiger partial charge in [-0.1, -0.05) is 0 Å². The van der Waals surface area contributed by atoms with Gasteiger partial charge >= 0.3 is 147 Å². The Balaban J connectivity index is 2.18. The average molecular weight is 424 g/mol. The maximum atomic E-state index is 2.36. The van der Waals surface area contributed by atoms with Gasteiger partial charge in [-0.15, -0.1) is 0 Å². The molecule has 0 fully saturated rings. The summed E-state index contributed by atoms with van der Waals surface area (Å²) in [5, 5.41) is 0. The van der Waals surface area contributed by atoms with E-state index in [-0.39, 0.29) is 0 Å². The molecule has 0 bridgehead atoms. The molecule has 0 aliphatic carbocycles. The minimum atomic E-state index is 0.580. The van der Waals surface area contributed by atoms with Crippen molar-refractivity contribution in [2.75, 3.05) is 0 Å². The van der Waals surface area contributed by atoms with Crippen molar-refractivity contribution in [3.8, 4) is 0 Å². The van der Waals surface area contributed by atoms with E-state index in [0.29, 0.717) is 38.1 Å². The van der Waals surface area contributed by atoms with Crippen LogP contribution in [0.3, 0.4) is 0 Å². The first-order valence-corrected chi connectivity index (χ1v) is 14.2. The van der Waals surface area contributed by atoms with Gasteiger partial charge in [0, 0.05) is 0 Å². The van der Waals surface area contributed by atoms with Crippen LogP contribution in [0.25, 0.3) is 0 Å². The van der Waals surface area contributed by atoms with E-state index in [0.717, 1.165) is 0 Å². The van der Waals surface area contributed by atoms with Crippen molar-refractivity contribution in [1.29, 1.82) is 0 Å². The predicted octanol–water partition coefficient (Wildman–Crippen LogP) is 3.99. The summed E-state index contributed by atoms with van der Waals surface area (Å²) in [5.74, 6) is 1.36. The van der Waals surface area contributed by atoms with Crippen LogP contribution in [0.15, 0.2) is 48.5 Å². The molecule has 2 atom stereocenters. The zero-order chi connectivity index (χ0) is 15.9. The summed E-state index contributed by atoms with van der Waals surface area (Å²) in [4.78, 5) is 0. The third-order valence-corrected chi connectivity index (χ3v) is 11.7. The predicted molar refractivity (Wildman–Crippen MR) is 101 cm³/mol. The zero-order valence-electron chi connectivity index (χ0n) is 14.0. The second kappa shape index (κ2) is 8.94. The Morgan fingerprint density at radius 2 is 1.05 bits per heavy atom. The fraction of sp³-hybridized carbons (Fsp3) is 0.400. The van der Waals surface area contributed by atoms with Crippen molar-refractivity contribution in [2.45, 2.75) is 52.4 Å². The molecule has 0 saturated carbocycles. The first-order valence-electron chi connectivity index (χ1n) is 8.19. The summed E-state index contributed by atoms with van der Waals surface area (Å²) in [6.07, 6.45) is 2.45. The molecule has 2 aromatic rings. The van der Waals surface area contributed by atoms with E-state index in [1.165, 1.54) is 12.8 Å². The van der Waals surface area contributed by atoms with Crippen LogP contribution in [0.1, 0.15) is 63.5 Å². The van der Waals surface area contributed by atoms with Gasteiger partial charge in [0.25, 0.3) is 0 Å². The van der Waals surface area contributed by atoms with Gasteiger partial charge in [-0.25, -0.2) is 0 Å². The topological polar surface area (TPSA) is 0 Å². The second-order valence-corrected chi connectivity index (χ2v) is 12.0. The standard InChI is InChI=1S/C20H26Se2/c1-5-15(3)17-11-7-9-13-19(17)21-22-20-14-10-8-12-18(20)16(4)6-2/h7-16H,5-6H2,1-4H3. The molecule has 0 N–H and O–H groups in total. The molecule has 2 rings (SSSR count). The molecule has 2 heteroatoms. The van der Waals surface area contributed by atoms with Crippen LogP contribution in [0.2, 0.25) is 0 Å². The van der Waals surface area contributed by atoms with E-state index < -0.39 is 0 Å². The third-order valence-electron chi connectivity index (χ3n) is 4.35. The van der Waals surface area contributed by atoms with Crippen LogP contribution in [-0.2, 0) is 0 Å². The average Bonchev–Trinajstić information content (AvgIpc) is 2.59. The molecule has 0 amide bonds. The first-order chi connectivity index (χ1) is 10.7. The molecule has 2 aromatic carbocycles. The van der Waals surface area contributed by atoms with E-state index >= 15 is 0 Å². The summed E-state index contributed by atoms with van der Waals surface area (Å²) in [6, 6.07) is 18.2. The van der Waals surface area contributed by atoms with E-state index in [1.807, 2.05) is 0 Å². The van der Waals surface area contributed by atoms with Crippen LogP contribution < -0.4 is 8.92 Å². The summed E-state index contributed by atoms with van der Waals surface area (Å²) in [5.41, 5.74) is 3.15. The van der Waals surface area contributed by atoms with Crippen molar-refractivity contribution < 1.29 is 0 Å². The molecule has 118 valence electrons. The van der Waals surface area contributed by atoms with Crippen LogP contribution in [0.4, 0.5) is 0 Å².